The Kier molecular flexibility index (Phi) is 4.06. The monoisotopic (exact) mass is 402 g/mol. The van der Waals surface area contributed by atoms with E-state index in [-0.39, 0.29) is 0 Å². The Labute approximate surface area is 117 Å². The number of aliphatic hydroxyl groups is 3. The van der Waals surface area contributed by atoms with Gasteiger partial charge in [-0.1, -0.05) is 0 Å². The number of rotatable bonds is 3. The van der Waals surface area contributed by atoms with Crippen molar-refractivity contribution in [2.24, 2.45) is 0 Å². The van der Waals surface area contributed by atoms with E-state index in [0.29, 0.717) is 4.57 Å². The summed E-state index contributed by atoms with van der Waals surface area (Å²) in [6.07, 6.45) is -4.19. The number of aromatic nitrogens is 2. The number of nitrogens with one attached hydrogen (secondary N) is 1. The summed E-state index contributed by atoms with van der Waals surface area (Å²) < 4.78 is 26.2. The van der Waals surface area contributed by atoms with Crippen LogP contribution in [-0.2, 0) is 14.6 Å². The molecule has 1 saturated heterocycles. The highest BCUT2D eigenvalue weighted by molar-refractivity contribution is 14.2. The average Bonchev–Trinajstić information content (AvgIpc) is 2.64. The third kappa shape index (κ3) is 2.10. The van der Waals surface area contributed by atoms with Gasteiger partial charge in [-0.25, -0.2) is 10.9 Å². The average molecular weight is 402 g/mol. The van der Waals surface area contributed by atoms with Crippen LogP contribution in [0, 0.1) is 0 Å². The molecule has 1 fully saturated rings. The molecule has 0 radical (unpaired) electrons. The predicted molar refractivity (Wildman–Crippen MR) is 68.7 cm³/mol. The Balaban J connectivity index is 2.69. The van der Waals surface area contributed by atoms with Crippen molar-refractivity contribution >= 4 is 19.8 Å². The van der Waals surface area contributed by atoms with E-state index >= 15 is 0 Å². The molecule has 4 N–H and O–H groups in total. The van der Waals surface area contributed by atoms with Crippen LogP contribution in [0.15, 0.2) is 21.9 Å². The van der Waals surface area contributed by atoms with Crippen molar-refractivity contribution in [2.75, 3.05) is 6.61 Å². The first-order chi connectivity index (χ1) is 9.34. The first-order valence-corrected chi connectivity index (χ1v) is 8.21. The SMILES string of the molecule is O=c1ccn([C@]2(I(=O)=O)O[C@H](CO)[C@@H](O)[C@H]2O)c(=O)[nH]1. The molecule has 112 valence electrons. The van der Waals surface area contributed by atoms with Gasteiger partial charge in [0.1, 0.15) is 18.3 Å². The van der Waals surface area contributed by atoms with Gasteiger partial charge in [-0.15, -0.1) is 0 Å². The minimum Gasteiger partial charge on any atom is -0.394 e. The summed E-state index contributed by atoms with van der Waals surface area (Å²) >= 11 is -4.57. The van der Waals surface area contributed by atoms with Gasteiger partial charge >= 0.3 is 25.5 Å². The van der Waals surface area contributed by atoms with Crippen molar-refractivity contribution in [3.8, 4) is 0 Å². The van der Waals surface area contributed by atoms with E-state index < -0.39 is 59.7 Å². The molecule has 1 aliphatic rings. The van der Waals surface area contributed by atoms with Crippen molar-refractivity contribution in [3.63, 3.8) is 0 Å². The third-order valence-corrected chi connectivity index (χ3v) is 5.61. The van der Waals surface area contributed by atoms with Crippen molar-refractivity contribution < 1.29 is 26.2 Å². The molecule has 11 heteroatoms. The van der Waals surface area contributed by atoms with Crippen LogP contribution in [0.3, 0.4) is 0 Å². The summed E-state index contributed by atoms with van der Waals surface area (Å²) in [5.41, 5.74) is -1.87. The third-order valence-electron chi connectivity index (χ3n) is 2.94. The zero-order valence-electron chi connectivity index (χ0n) is 9.80. The number of halogens is 1. The molecule has 20 heavy (non-hydrogen) atoms. The minimum absolute atomic E-state index is 0.489. The van der Waals surface area contributed by atoms with Crippen LogP contribution in [0.4, 0.5) is 0 Å². The molecule has 0 bridgehead atoms. The fourth-order valence-corrected chi connectivity index (χ4v) is 4.20. The maximum atomic E-state index is 11.7. The van der Waals surface area contributed by atoms with Gasteiger partial charge in [-0.3, -0.25) is 14.3 Å². The van der Waals surface area contributed by atoms with Crippen LogP contribution < -0.4 is 11.2 Å². The van der Waals surface area contributed by atoms with E-state index in [2.05, 4.69) is 0 Å². The molecule has 10 nitrogen and oxygen atoms in total. The molecule has 1 aromatic heterocycles. The Morgan fingerprint density at radius 1 is 1.40 bits per heavy atom. The Morgan fingerprint density at radius 3 is 2.50 bits per heavy atom. The Hall–Kier alpha value is -1.15. The number of alkyl halides is 1. The van der Waals surface area contributed by atoms with E-state index in [9.17, 15) is 25.9 Å². The van der Waals surface area contributed by atoms with Crippen LogP contribution in [0.25, 0.3) is 0 Å². The lowest BCUT2D eigenvalue weighted by molar-refractivity contribution is -0.0702. The lowest BCUT2D eigenvalue weighted by Crippen LogP contribution is -2.48. The molecule has 0 unspecified atom stereocenters. The lowest BCUT2D eigenvalue weighted by atomic mass is 10.1. The standard InChI is InChI=1S/C9H11IN2O8/c13-3-4-6(15)7(16)9(20-4,10(18)19)12-2-1-5(14)11-8(12)17/h1-2,4,6-7,13,15-16H,3H2,(H,11,14,17)/t4-,6-,7-,9+/m1/s1. The predicted octanol–water partition coefficient (Wildman–Crippen LogP) is -2.54. The van der Waals surface area contributed by atoms with Gasteiger partial charge in [0.15, 0.2) is 0 Å². The topological polar surface area (TPSA) is 159 Å². The second kappa shape index (κ2) is 5.33. The van der Waals surface area contributed by atoms with Crippen LogP contribution >= 0.6 is 19.8 Å². The molecule has 4 atom stereocenters. The Bertz CT molecular complexity index is 686. The highest BCUT2D eigenvalue weighted by atomic mass is 127. The van der Waals surface area contributed by atoms with Crippen LogP contribution in [0.1, 0.15) is 0 Å². The molecule has 0 saturated carbocycles. The first-order valence-electron chi connectivity index (χ1n) is 5.37. The van der Waals surface area contributed by atoms with Gasteiger partial charge in [-0.2, -0.15) is 0 Å². The smallest absolute Gasteiger partial charge is 0.365 e. The molecule has 2 rings (SSSR count). The van der Waals surface area contributed by atoms with Crippen molar-refractivity contribution in [1.29, 1.82) is 0 Å². The van der Waals surface area contributed by atoms with Crippen LogP contribution in [-0.4, -0.2) is 49.8 Å². The van der Waals surface area contributed by atoms with Gasteiger partial charge < -0.3 is 20.1 Å². The second-order valence-electron chi connectivity index (χ2n) is 4.08. The number of nitrogens with zero attached hydrogens (tertiary/aromatic N) is 1. The number of hydrogen-bond acceptors (Lipinski definition) is 8. The lowest BCUT2D eigenvalue weighted by Gasteiger charge is -2.25. The molecular formula is C9H11IN2O8. The van der Waals surface area contributed by atoms with Gasteiger partial charge in [0.25, 0.3) is 9.29 Å². The molecule has 2 heterocycles. The van der Waals surface area contributed by atoms with Crippen LogP contribution in [0.2, 0.25) is 0 Å². The molecule has 0 spiro atoms. The number of H-pyrrole nitrogens is 1. The molecule has 1 aromatic rings. The normalized spacial score (nSPS) is 33.7. The fourth-order valence-electron chi connectivity index (χ4n) is 1.97. The highest BCUT2D eigenvalue weighted by Gasteiger charge is 2.60. The number of hydrogen-bond donors (Lipinski definition) is 4. The number of aliphatic hydroxyl groups excluding tert-OH is 3. The first kappa shape index (κ1) is 15.2. The zero-order chi connectivity index (χ0) is 15.1. The summed E-state index contributed by atoms with van der Waals surface area (Å²) in [6, 6.07) is 0.873. The zero-order valence-corrected chi connectivity index (χ0v) is 12.0. The molecule has 0 aromatic carbocycles. The largest absolute Gasteiger partial charge is 0.394 e. The van der Waals surface area contributed by atoms with E-state index in [1.165, 1.54) is 0 Å². The van der Waals surface area contributed by atoms with E-state index in [1.54, 1.807) is 0 Å². The van der Waals surface area contributed by atoms with Crippen molar-refractivity contribution in [3.05, 3.63) is 33.1 Å². The van der Waals surface area contributed by atoms with Crippen LogP contribution in [0.5, 0.6) is 0 Å². The maximum Gasteiger partial charge on any atom is 0.365 e. The summed E-state index contributed by atoms with van der Waals surface area (Å²) in [5.74, 6) is 0. The van der Waals surface area contributed by atoms with Gasteiger partial charge in [0, 0.05) is 12.3 Å². The minimum atomic E-state index is -4.57. The van der Waals surface area contributed by atoms with Crippen molar-refractivity contribution in [1.82, 2.24) is 9.55 Å². The fraction of sp³-hybridized carbons (Fsp3) is 0.556. The summed E-state index contributed by atoms with van der Waals surface area (Å²) in [5, 5.41) is 28.6. The molecular weight excluding hydrogens is 391 g/mol. The summed E-state index contributed by atoms with van der Waals surface area (Å²) in [6.45, 7) is -0.748. The quantitative estimate of drug-likeness (QED) is 0.318. The number of aromatic amines is 1. The Morgan fingerprint density at radius 2 is 2.05 bits per heavy atom. The molecule has 0 aliphatic carbocycles. The van der Waals surface area contributed by atoms with Gasteiger partial charge in [0.05, 0.1) is 6.61 Å². The number of ether oxygens (including phenoxy) is 1. The highest BCUT2D eigenvalue weighted by Crippen LogP contribution is 2.46. The van der Waals surface area contributed by atoms with Crippen molar-refractivity contribution in [2.45, 2.75) is 22.0 Å². The maximum absolute atomic E-state index is 11.7. The second-order valence-corrected chi connectivity index (χ2v) is 6.87. The van der Waals surface area contributed by atoms with Gasteiger partial charge in [0.2, 0.25) is 0 Å². The van der Waals surface area contributed by atoms with E-state index in [0.717, 1.165) is 12.3 Å². The summed E-state index contributed by atoms with van der Waals surface area (Å²) in [7, 11) is 0. The van der Waals surface area contributed by atoms with E-state index in [4.69, 9.17) is 9.84 Å². The van der Waals surface area contributed by atoms with E-state index in [1.807, 2.05) is 4.98 Å². The van der Waals surface area contributed by atoms with Gasteiger partial charge in [-0.05, 0) is 0 Å². The summed E-state index contributed by atoms with van der Waals surface area (Å²) in [4.78, 5) is 24.5. The molecule has 0 amide bonds. The molecule has 1 aliphatic heterocycles.